The molecule has 0 aliphatic carbocycles. The molecule has 5 heteroatoms. The van der Waals surface area contributed by atoms with Crippen LogP contribution in [0.1, 0.15) is 25.8 Å². The van der Waals surface area contributed by atoms with E-state index in [1.807, 2.05) is 27.7 Å². The van der Waals surface area contributed by atoms with Crippen LogP contribution in [0.15, 0.2) is 6.20 Å². The Morgan fingerprint density at radius 3 is 2.43 bits per heavy atom. The first kappa shape index (κ1) is 11.0. The van der Waals surface area contributed by atoms with Crippen molar-refractivity contribution in [1.29, 1.82) is 0 Å². The number of nitrogens with zero attached hydrogens (tertiary/aromatic N) is 2. The van der Waals surface area contributed by atoms with E-state index in [0.717, 1.165) is 5.01 Å². The molecule has 1 heterocycles. The average molecular weight is 214 g/mol. The summed E-state index contributed by atoms with van der Waals surface area (Å²) in [5.74, 6) is 0. The van der Waals surface area contributed by atoms with Gasteiger partial charge in [-0.3, -0.25) is 4.90 Å². The van der Waals surface area contributed by atoms with Gasteiger partial charge in [0.05, 0.1) is 11.2 Å². The van der Waals surface area contributed by atoms with E-state index in [9.17, 15) is 4.79 Å². The normalized spacial score (nSPS) is 11.4. The van der Waals surface area contributed by atoms with E-state index >= 15 is 0 Å². The number of carbonyl (C=O) groups is 1. The van der Waals surface area contributed by atoms with Crippen molar-refractivity contribution in [2.24, 2.45) is 0 Å². The zero-order valence-electron chi connectivity index (χ0n) is 8.74. The molecule has 0 radical (unpaired) electrons. The molecule has 0 spiro atoms. The summed E-state index contributed by atoms with van der Waals surface area (Å²) < 4.78 is 0. The van der Waals surface area contributed by atoms with Gasteiger partial charge in [-0.15, -0.1) is 11.3 Å². The highest BCUT2D eigenvalue weighted by Crippen LogP contribution is 2.29. The minimum Gasteiger partial charge on any atom is -0.465 e. The molecule has 14 heavy (non-hydrogen) atoms. The molecule has 0 aliphatic rings. The number of thiazole rings is 1. The molecule has 1 aromatic rings. The fourth-order valence-electron chi connectivity index (χ4n) is 1.17. The maximum atomic E-state index is 11.1. The summed E-state index contributed by atoms with van der Waals surface area (Å²) in [7, 11) is 0. The van der Waals surface area contributed by atoms with Crippen LogP contribution in [0.2, 0.25) is 0 Å². The van der Waals surface area contributed by atoms with E-state index in [4.69, 9.17) is 5.11 Å². The van der Waals surface area contributed by atoms with E-state index in [-0.39, 0.29) is 0 Å². The summed E-state index contributed by atoms with van der Waals surface area (Å²) in [4.78, 5) is 16.4. The molecular formula is C9H14N2O2S. The van der Waals surface area contributed by atoms with Crippen LogP contribution >= 0.6 is 11.3 Å². The van der Waals surface area contributed by atoms with Crippen molar-refractivity contribution in [3.63, 3.8) is 0 Å². The first-order valence-electron chi connectivity index (χ1n) is 4.28. The molecule has 78 valence electrons. The van der Waals surface area contributed by atoms with Gasteiger partial charge in [0, 0.05) is 5.54 Å². The molecule has 0 atom stereocenters. The van der Waals surface area contributed by atoms with Crippen LogP contribution in [0.3, 0.4) is 0 Å². The van der Waals surface area contributed by atoms with Crippen LogP contribution in [0, 0.1) is 6.92 Å². The second kappa shape index (κ2) is 3.57. The molecule has 1 rings (SSSR count). The van der Waals surface area contributed by atoms with Crippen molar-refractivity contribution >= 4 is 22.4 Å². The van der Waals surface area contributed by atoms with Crippen LogP contribution in [-0.4, -0.2) is 21.7 Å². The lowest BCUT2D eigenvalue weighted by atomic mass is 10.1. The smallest absolute Gasteiger partial charge is 0.412 e. The molecule has 0 saturated carbocycles. The number of hydrogen-bond donors (Lipinski definition) is 1. The van der Waals surface area contributed by atoms with Gasteiger partial charge in [-0.1, -0.05) is 0 Å². The Hall–Kier alpha value is -1.10. The maximum absolute atomic E-state index is 11.1. The summed E-state index contributed by atoms with van der Waals surface area (Å²) >= 11 is 1.39. The predicted octanol–water partition coefficient (Wildman–Crippen LogP) is 2.73. The highest BCUT2D eigenvalue weighted by Gasteiger charge is 2.29. The minimum absolute atomic E-state index is 0.440. The van der Waals surface area contributed by atoms with Crippen molar-refractivity contribution in [1.82, 2.24) is 4.98 Å². The van der Waals surface area contributed by atoms with Gasteiger partial charge in [-0.2, -0.15) is 0 Å². The van der Waals surface area contributed by atoms with Crippen molar-refractivity contribution < 1.29 is 9.90 Å². The fraction of sp³-hybridized carbons (Fsp3) is 0.556. The lowest BCUT2D eigenvalue weighted by molar-refractivity contribution is 0.196. The van der Waals surface area contributed by atoms with Gasteiger partial charge in [0.15, 0.2) is 0 Å². The monoisotopic (exact) mass is 214 g/mol. The quantitative estimate of drug-likeness (QED) is 0.782. The Labute approximate surface area is 87.2 Å². The van der Waals surface area contributed by atoms with Crippen molar-refractivity contribution in [2.45, 2.75) is 33.2 Å². The molecule has 1 aromatic heterocycles. The van der Waals surface area contributed by atoms with Gasteiger partial charge >= 0.3 is 6.09 Å². The minimum atomic E-state index is -0.943. The van der Waals surface area contributed by atoms with Gasteiger partial charge in [0.2, 0.25) is 0 Å². The predicted molar refractivity (Wildman–Crippen MR) is 57.1 cm³/mol. The van der Waals surface area contributed by atoms with E-state index in [2.05, 4.69) is 4.98 Å². The number of hydrogen-bond acceptors (Lipinski definition) is 3. The number of rotatable bonds is 1. The molecule has 4 nitrogen and oxygen atoms in total. The number of carboxylic acid groups (broad SMARTS) is 1. The lowest BCUT2D eigenvalue weighted by Gasteiger charge is -2.31. The van der Waals surface area contributed by atoms with Crippen molar-refractivity contribution in [3.05, 3.63) is 11.2 Å². The molecule has 0 aromatic carbocycles. The Morgan fingerprint density at radius 2 is 2.14 bits per heavy atom. The third kappa shape index (κ3) is 2.23. The molecule has 0 bridgehead atoms. The topological polar surface area (TPSA) is 53.4 Å². The summed E-state index contributed by atoms with van der Waals surface area (Å²) in [5, 5.41) is 10.6. The number of aryl methyl sites for hydroxylation is 1. The number of aromatic nitrogens is 1. The Balaban J connectivity index is 3.07. The second-order valence-corrected chi connectivity index (χ2v) is 5.22. The highest BCUT2D eigenvalue weighted by atomic mass is 32.1. The zero-order valence-corrected chi connectivity index (χ0v) is 9.55. The molecule has 0 fully saturated rings. The van der Waals surface area contributed by atoms with Gasteiger partial charge < -0.3 is 5.11 Å². The van der Waals surface area contributed by atoms with Crippen LogP contribution in [-0.2, 0) is 0 Å². The fourth-order valence-corrected chi connectivity index (χ4v) is 2.12. The van der Waals surface area contributed by atoms with Crippen LogP contribution in [0.5, 0.6) is 0 Å². The average Bonchev–Trinajstić information content (AvgIpc) is 2.31. The Morgan fingerprint density at radius 1 is 1.57 bits per heavy atom. The van der Waals surface area contributed by atoms with Crippen LogP contribution in [0.4, 0.5) is 9.80 Å². The zero-order chi connectivity index (χ0) is 10.9. The SMILES string of the molecule is Cc1ncc(N(C(=O)O)C(C)(C)C)s1. The highest BCUT2D eigenvalue weighted by molar-refractivity contribution is 7.15. The molecule has 0 aliphatic heterocycles. The Bertz CT molecular complexity index is 341. The largest absolute Gasteiger partial charge is 0.465 e. The van der Waals surface area contributed by atoms with E-state index < -0.39 is 11.6 Å². The molecule has 1 amide bonds. The first-order chi connectivity index (χ1) is 6.32. The summed E-state index contributed by atoms with van der Waals surface area (Å²) in [6, 6.07) is 0. The van der Waals surface area contributed by atoms with Crippen molar-refractivity contribution in [2.75, 3.05) is 4.90 Å². The summed E-state index contributed by atoms with van der Waals surface area (Å²) in [6.45, 7) is 7.43. The van der Waals surface area contributed by atoms with E-state index in [1.54, 1.807) is 6.20 Å². The van der Waals surface area contributed by atoms with Gasteiger partial charge in [-0.25, -0.2) is 9.78 Å². The van der Waals surface area contributed by atoms with Gasteiger partial charge in [0.1, 0.15) is 5.00 Å². The standard InChI is InChI=1S/C9H14N2O2S/c1-6-10-5-7(14-6)11(8(12)13)9(2,3)4/h5H,1-4H3,(H,12,13). The maximum Gasteiger partial charge on any atom is 0.412 e. The lowest BCUT2D eigenvalue weighted by Crippen LogP contribution is -2.44. The molecule has 0 unspecified atom stereocenters. The molecule has 0 saturated heterocycles. The number of amides is 1. The van der Waals surface area contributed by atoms with Crippen LogP contribution in [0.25, 0.3) is 0 Å². The summed E-state index contributed by atoms with van der Waals surface area (Å²) in [6.07, 6.45) is 0.653. The Kier molecular flexibility index (Phi) is 2.80. The number of anilines is 1. The third-order valence-corrected chi connectivity index (χ3v) is 2.59. The molecule has 1 N–H and O–H groups in total. The van der Waals surface area contributed by atoms with Gasteiger partial charge in [-0.05, 0) is 27.7 Å². The van der Waals surface area contributed by atoms with E-state index in [1.165, 1.54) is 16.2 Å². The third-order valence-electron chi connectivity index (χ3n) is 1.69. The summed E-state index contributed by atoms with van der Waals surface area (Å²) in [5.41, 5.74) is -0.440. The second-order valence-electron chi connectivity index (χ2n) is 4.01. The van der Waals surface area contributed by atoms with Crippen LogP contribution < -0.4 is 4.90 Å². The first-order valence-corrected chi connectivity index (χ1v) is 5.09. The van der Waals surface area contributed by atoms with Crippen molar-refractivity contribution in [3.8, 4) is 0 Å². The van der Waals surface area contributed by atoms with Gasteiger partial charge in [0.25, 0.3) is 0 Å². The molecular weight excluding hydrogens is 200 g/mol. The van der Waals surface area contributed by atoms with E-state index in [0.29, 0.717) is 5.00 Å².